The third-order valence-electron chi connectivity index (χ3n) is 1.75. The van der Waals surface area contributed by atoms with Gasteiger partial charge < -0.3 is 15.5 Å². The molecule has 1 aromatic heterocycles. The molecule has 1 amide bonds. The zero-order chi connectivity index (χ0) is 12.1. The van der Waals surface area contributed by atoms with Gasteiger partial charge in [-0.3, -0.25) is 4.79 Å². The van der Waals surface area contributed by atoms with Gasteiger partial charge in [-0.15, -0.1) is 0 Å². The van der Waals surface area contributed by atoms with Gasteiger partial charge in [0.15, 0.2) is 6.04 Å². The summed E-state index contributed by atoms with van der Waals surface area (Å²) in [5.74, 6) is -2.00. The minimum atomic E-state index is -1.34. The van der Waals surface area contributed by atoms with E-state index in [1.807, 2.05) is 0 Å². The zero-order valence-corrected chi connectivity index (χ0v) is 8.81. The summed E-state index contributed by atoms with van der Waals surface area (Å²) in [5.41, 5.74) is 0.0316. The molecular weight excluding hydrogens is 236 g/mol. The molecular formula is C9H9ClN2O4. The molecule has 1 aromatic rings. The molecule has 0 aliphatic heterocycles. The lowest BCUT2D eigenvalue weighted by molar-refractivity contribution is -0.140. The highest BCUT2D eigenvalue weighted by Gasteiger charge is 2.19. The number of hydrogen-bond donors (Lipinski definition) is 3. The fourth-order valence-electron chi connectivity index (χ4n) is 0.928. The van der Waals surface area contributed by atoms with E-state index in [-0.39, 0.29) is 5.69 Å². The van der Waals surface area contributed by atoms with Crippen molar-refractivity contribution in [2.75, 3.05) is 6.61 Å². The lowest BCUT2D eigenvalue weighted by Crippen LogP contribution is -2.43. The number of carbonyl (C=O) groups is 2. The van der Waals surface area contributed by atoms with E-state index >= 15 is 0 Å². The average molecular weight is 245 g/mol. The number of rotatable bonds is 4. The van der Waals surface area contributed by atoms with Gasteiger partial charge in [0.05, 0.1) is 11.6 Å². The number of nitrogens with zero attached hydrogens (tertiary/aromatic N) is 1. The summed E-state index contributed by atoms with van der Waals surface area (Å²) in [6, 6.07) is 1.47. The molecule has 0 aliphatic rings. The molecule has 7 heteroatoms. The van der Waals surface area contributed by atoms with E-state index in [2.05, 4.69) is 10.3 Å². The Balaban J connectivity index is 2.71. The molecule has 1 heterocycles. The molecule has 0 aliphatic carbocycles. The summed E-state index contributed by atoms with van der Waals surface area (Å²) < 4.78 is 0. The van der Waals surface area contributed by atoms with Crippen molar-refractivity contribution in [1.29, 1.82) is 0 Å². The number of aromatic nitrogens is 1. The van der Waals surface area contributed by atoms with E-state index in [0.717, 1.165) is 0 Å². The Kier molecular flexibility index (Phi) is 4.21. The van der Waals surface area contributed by atoms with Gasteiger partial charge in [0, 0.05) is 6.20 Å². The van der Waals surface area contributed by atoms with Crippen LogP contribution in [0.4, 0.5) is 0 Å². The van der Waals surface area contributed by atoms with Crippen molar-refractivity contribution in [1.82, 2.24) is 10.3 Å². The highest BCUT2D eigenvalue weighted by atomic mass is 35.5. The van der Waals surface area contributed by atoms with Crippen molar-refractivity contribution in [3.63, 3.8) is 0 Å². The predicted octanol–water partition coefficient (Wildman–Crippen LogP) is -0.0897. The van der Waals surface area contributed by atoms with Crippen LogP contribution in [0.3, 0.4) is 0 Å². The number of aliphatic hydroxyl groups excluding tert-OH is 1. The summed E-state index contributed by atoms with van der Waals surface area (Å²) >= 11 is 5.57. The lowest BCUT2D eigenvalue weighted by Gasteiger charge is -2.10. The van der Waals surface area contributed by atoms with E-state index in [9.17, 15) is 9.59 Å². The minimum Gasteiger partial charge on any atom is -0.480 e. The number of nitrogens with one attached hydrogen (secondary N) is 1. The molecule has 1 rings (SSSR count). The third-order valence-corrected chi connectivity index (χ3v) is 1.97. The number of carbonyl (C=O) groups excluding carboxylic acids is 1. The molecule has 6 nitrogen and oxygen atoms in total. The predicted molar refractivity (Wildman–Crippen MR) is 55.2 cm³/mol. The highest BCUT2D eigenvalue weighted by Crippen LogP contribution is 2.06. The van der Waals surface area contributed by atoms with E-state index in [4.69, 9.17) is 21.8 Å². The van der Waals surface area contributed by atoms with Crippen LogP contribution in [0.2, 0.25) is 5.02 Å². The van der Waals surface area contributed by atoms with Crippen molar-refractivity contribution in [2.24, 2.45) is 0 Å². The van der Waals surface area contributed by atoms with Crippen LogP contribution in [0.15, 0.2) is 18.3 Å². The van der Waals surface area contributed by atoms with Crippen molar-refractivity contribution in [3.8, 4) is 0 Å². The van der Waals surface area contributed by atoms with Crippen LogP contribution >= 0.6 is 11.6 Å². The first-order valence-electron chi connectivity index (χ1n) is 4.30. The summed E-state index contributed by atoms with van der Waals surface area (Å²) in [5, 5.41) is 19.8. The molecule has 0 spiro atoms. The molecule has 0 radical (unpaired) electrons. The van der Waals surface area contributed by atoms with Gasteiger partial charge >= 0.3 is 5.97 Å². The second-order valence-corrected chi connectivity index (χ2v) is 3.34. The summed E-state index contributed by atoms with van der Waals surface area (Å²) in [7, 11) is 0. The van der Waals surface area contributed by atoms with Gasteiger partial charge in [-0.2, -0.15) is 0 Å². The summed E-state index contributed by atoms with van der Waals surface area (Å²) in [4.78, 5) is 25.7. The largest absolute Gasteiger partial charge is 0.480 e. The van der Waals surface area contributed by atoms with Gasteiger partial charge in [-0.05, 0) is 12.1 Å². The maximum Gasteiger partial charge on any atom is 0.328 e. The monoisotopic (exact) mass is 244 g/mol. The van der Waals surface area contributed by atoms with Crippen molar-refractivity contribution < 1.29 is 19.8 Å². The topological polar surface area (TPSA) is 99.5 Å². The molecule has 1 atom stereocenters. The Morgan fingerprint density at radius 1 is 1.50 bits per heavy atom. The number of halogens is 1. The van der Waals surface area contributed by atoms with Crippen LogP contribution in [0.25, 0.3) is 0 Å². The Morgan fingerprint density at radius 3 is 2.62 bits per heavy atom. The number of aliphatic hydroxyl groups is 1. The number of carboxylic acid groups (broad SMARTS) is 1. The van der Waals surface area contributed by atoms with Crippen molar-refractivity contribution >= 4 is 23.5 Å². The van der Waals surface area contributed by atoms with Gasteiger partial charge in [-0.1, -0.05) is 11.6 Å². The Morgan fingerprint density at radius 2 is 2.19 bits per heavy atom. The van der Waals surface area contributed by atoms with Gasteiger partial charge in [0.2, 0.25) is 0 Å². The van der Waals surface area contributed by atoms with Gasteiger partial charge in [0.1, 0.15) is 5.69 Å². The van der Waals surface area contributed by atoms with Crippen LogP contribution in [-0.4, -0.2) is 39.7 Å². The number of hydrogen-bond acceptors (Lipinski definition) is 4. The molecule has 0 bridgehead atoms. The maximum atomic E-state index is 11.4. The molecule has 3 N–H and O–H groups in total. The number of aliphatic carboxylic acids is 1. The van der Waals surface area contributed by atoms with E-state index in [1.54, 1.807) is 0 Å². The van der Waals surface area contributed by atoms with Gasteiger partial charge in [0.25, 0.3) is 5.91 Å². The minimum absolute atomic E-state index is 0.0316. The van der Waals surface area contributed by atoms with Crippen LogP contribution in [0, 0.1) is 0 Å². The molecule has 0 aromatic carbocycles. The Bertz CT molecular complexity index is 393. The van der Waals surface area contributed by atoms with E-state index in [0.29, 0.717) is 5.02 Å². The van der Waals surface area contributed by atoms with Crippen LogP contribution in [0.5, 0.6) is 0 Å². The van der Waals surface area contributed by atoms with Crippen molar-refractivity contribution in [3.05, 3.63) is 29.0 Å². The van der Waals surface area contributed by atoms with Crippen molar-refractivity contribution in [2.45, 2.75) is 6.04 Å². The van der Waals surface area contributed by atoms with Crippen LogP contribution < -0.4 is 5.32 Å². The second kappa shape index (κ2) is 5.43. The standard InChI is InChI=1S/C9H9ClN2O4/c10-5-1-2-6(11-3-5)8(14)12-7(4-13)9(15)16/h1-3,7,13H,4H2,(H,12,14)(H,15,16). The molecule has 16 heavy (non-hydrogen) atoms. The fraction of sp³-hybridized carbons (Fsp3) is 0.222. The first-order chi connectivity index (χ1) is 7.54. The molecule has 0 fully saturated rings. The first-order valence-corrected chi connectivity index (χ1v) is 4.68. The molecule has 86 valence electrons. The fourth-order valence-corrected chi connectivity index (χ4v) is 1.04. The molecule has 0 saturated carbocycles. The van der Waals surface area contributed by atoms with Crippen LogP contribution in [0.1, 0.15) is 10.5 Å². The zero-order valence-electron chi connectivity index (χ0n) is 8.05. The molecule has 0 saturated heterocycles. The Labute approximate surface area is 95.9 Å². The SMILES string of the molecule is O=C(NC(CO)C(=O)O)c1ccc(Cl)cn1. The maximum absolute atomic E-state index is 11.4. The third kappa shape index (κ3) is 3.18. The smallest absolute Gasteiger partial charge is 0.328 e. The number of carboxylic acids is 1. The second-order valence-electron chi connectivity index (χ2n) is 2.91. The Hall–Kier alpha value is -1.66. The summed E-state index contributed by atoms with van der Waals surface area (Å²) in [6.45, 7) is -0.686. The quantitative estimate of drug-likeness (QED) is 0.687. The van der Waals surface area contributed by atoms with E-state index < -0.39 is 24.5 Å². The first kappa shape index (κ1) is 12.4. The van der Waals surface area contributed by atoms with E-state index in [1.165, 1.54) is 18.3 Å². The lowest BCUT2D eigenvalue weighted by atomic mass is 10.3. The summed E-state index contributed by atoms with van der Waals surface area (Å²) in [6.07, 6.45) is 1.27. The number of amides is 1. The number of pyridine rings is 1. The average Bonchev–Trinajstić information content (AvgIpc) is 2.26. The normalized spacial score (nSPS) is 11.9. The highest BCUT2D eigenvalue weighted by molar-refractivity contribution is 6.30. The molecule has 1 unspecified atom stereocenters. The van der Waals surface area contributed by atoms with Gasteiger partial charge in [-0.25, -0.2) is 9.78 Å². The van der Waals surface area contributed by atoms with Crippen LogP contribution in [-0.2, 0) is 4.79 Å².